The lowest BCUT2D eigenvalue weighted by atomic mass is 10.2. The zero-order valence-corrected chi connectivity index (χ0v) is 12.1. The van der Waals surface area contributed by atoms with E-state index in [0.717, 1.165) is 13.2 Å². The van der Waals surface area contributed by atoms with Gasteiger partial charge in [0.05, 0.1) is 0 Å². The molecule has 0 bridgehead atoms. The van der Waals surface area contributed by atoms with Crippen molar-refractivity contribution in [2.24, 2.45) is 0 Å². The van der Waals surface area contributed by atoms with Crippen LogP contribution in [-0.2, 0) is 4.74 Å². The summed E-state index contributed by atoms with van der Waals surface area (Å²) in [6.45, 7) is 12.6. The molecule has 0 aromatic carbocycles. The van der Waals surface area contributed by atoms with E-state index >= 15 is 0 Å². The van der Waals surface area contributed by atoms with Crippen molar-refractivity contribution in [3.05, 3.63) is 11.6 Å². The molecule has 0 aliphatic rings. The minimum atomic E-state index is 0.970. The van der Waals surface area contributed by atoms with Crippen LogP contribution in [0, 0.1) is 0 Å². The van der Waals surface area contributed by atoms with Crippen molar-refractivity contribution in [2.75, 3.05) is 13.2 Å². The number of ether oxygens (including phenoxy) is 1. The molecule has 0 amide bonds. The summed E-state index contributed by atoms with van der Waals surface area (Å²) in [6.07, 6.45) is 9.77. The van der Waals surface area contributed by atoms with Crippen LogP contribution in [0.1, 0.15) is 73.1 Å². The maximum atomic E-state index is 5.44. The second kappa shape index (κ2) is 17.1. The molecule has 16 heavy (non-hydrogen) atoms. The van der Waals surface area contributed by atoms with Gasteiger partial charge in [0.25, 0.3) is 0 Å². The van der Waals surface area contributed by atoms with Gasteiger partial charge in [-0.15, -0.1) is 0 Å². The Morgan fingerprint density at radius 1 is 0.875 bits per heavy atom. The Morgan fingerprint density at radius 2 is 1.25 bits per heavy atom. The van der Waals surface area contributed by atoms with Crippen LogP contribution in [0.2, 0.25) is 0 Å². The Labute approximate surface area is 103 Å². The Hall–Kier alpha value is -0.300. The van der Waals surface area contributed by atoms with Crippen molar-refractivity contribution in [1.29, 1.82) is 0 Å². The van der Waals surface area contributed by atoms with E-state index in [1.165, 1.54) is 44.1 Å². The Bertz CT molecular complexity index is 126. The molecule has 0 heterocycles. The third-order valence-electron chi connectivity index (χ3n) is 2.36. The van der Waals surface area contributed by atoms with Gasteiger partial charge in [0.15, 0.2) is 0 Å². The van der Waals surface area contributed by atoms with Gasteiger partial charge in [-0.25, -0.2) is 0 Å². The average molecular weight is 228 g/mol. The molecule has 0 spiro atoms. The van der Waals surface area contributed by atoms with E-state index in [4.69, 9.17) is 4.74 Å². The van der Waals surface area contributed by atoms with E-state index in [0.29, 0.717) is 0 Å². The van der Waals surface area contributed by atoms with Crippen LogP contribution >= 0.6 is 0 Å². The lowest BCUT2D eigenvalue weighted by molar-refractivity contribution is 0.126. The molecule has 0 aliphatic heterocycles. The molecule has 0 unspecified atom stereocenters. The van der Waals surface area contributed by atoms with Crippen molar-refractivity contribution < 1.29 is 4.74 Å². The first-order chi connectivity index (χ1) is 7.68. The number of hydrogen-bond acceptors (Lipinski definition) is 1. The van der Waals surface area contributed by atoms with Gasteiger partial charge in [-0.05, 0) is 33.6 Å². The van der Waals surface area contributed by atoms with Crippen LogP contribution in [0.5, 0.6) is 0 Å². The summed E-state index contributed by atoms with van der Waals surface area (Å²) in [6, 6.07) is 0. The average Bonchev–Trinajstić information content (AvgIpc) is 2.29. The molecule has 0 N–H and O–H groups in total. The normalized spacial score (nSPS) is 9.31. The van der Waals surface area contributed by atoms with Gasteiger partial charge in [0.2, 0.25) is 0 Å². The van der Waals surface area contributed by atoms with Crippen LogP contribution in [0.25, 0.3) is 0 Å². The maximum absolute atomic E-state index is 5.44. The quantitative estimate of drug-likeness (QED) is 0.401. The van der Waals surface area contributed by atoms with Crippen molar-refractivity contribution in [3.63, 3.8) is 0 Å². The van der Waals surface area contributed by atoms with Crippen LogP contribution in [0.4, 0.5) is 0 Å². The second-order valence-corrected chi connectivity index (χ2v) is 4.39. The molecule has 0 saturated heterocycles. The summed E-state index contributed by atoms with van der Waals surface area (Å²) in [5, 5.41) is 0. The summed E-state index contributed by atoms with van der Waals surface area (Å²) >= 11 is 0. The van der Waals surface area contributed by atoms with E-state index < -0.39 is 0 Å². The summed E-state index contributed by atoms with van der Waals surface area (Å²) in [4.78, 5) is 0. The van der Waals surface area contributed by atoms with E-state index in [2.05, 4.69) is 33.8 Å². The predicted molar refractivity (Wildman–Crippen MR) is 75.0 cm³/mol. The highest BCUT2D eigenvalue weighted by Gasteiger charge is 1.88. The molecular weight excluding hydrogens is 196 g/mol. The van der Waals surface area contributed by atoms with Crippen molar-refractivity contribution in [1.82, 2.24) is 0 Å². The van der Waals surface area contributed by atoms with E-state index in [9.17, 15) is 0 Å². The first-order valence-corrected chi connectivity index (χ1v) is 6.86. The molecule has 98 valence electrons. The lowest BCUT2D eigenvalue weighted by Gasteiger charge is -2.01. The maximum Gasteiger partial charge on any atom is 0.0466 e. The fraction of sp³-hybridized carbons (Fsp3) is 0.867. The molecule has 0 aliphatic carbocycles. The molecule has 0 saturated carbocycles. The molecule has 0 radical (unpaired) electrons. The first kappa shape index (κ1) is 18.1. The van der Waals surface area contributed by atoms with Gasteiger partial charge in [0, 0.05) is 13.2 Å². The Morgan fingerprint density at radius 3 is 1.50 bits per heavy atom. The van der Waals surface area contributed by atoms with Gasteiger partial charge in [-0.1, -0.05) is 51.2 Å². The summed E-state index contributed by atoms with van der Waals surface area (Å²) < 4.78 is 5.44. The molecular formula is C15H32O. The zero-order valence-electron chi connectivity index (χ0n) is 12.1. The molecule has 0 fully saturated rings. The second-order valence-electron chi connectivity index (χ2n) is 4.39. The molecule has 0 rings (SSSR count). The number of allylic oxidation sites excluding steroid dienone is 2. The SMILES string of the molecule is CC=C(C)C.CCCCCOCCCCC. The number of hydrogen-bond donors (Lipinski definition) is 0. The molecule has 0 aromatic heterocycles. The van der Waals surface area contributed by atoms with Crippen molar-refractivity contribution >= 4 is 0 Å². The van der Waals surface area contributed by atoms with Gasteiger partial charge in [-0.2, -0.15) is 0 Å². The third kappa shape index (κ3) is 23.5. The summed E-state index contributed by atoms with van der Waals surface area (Å²) in [5.41, 5.74) is 1.38. The van der Waals surface area contributed by atoms with Gasteiger partial charge in [-0.3, -0.25) is 0 Å². The highest BCUT2D eigenvalue weighted by Crippen LogP contribution is 1.97. The van der Waals surface area contributed by atoms with Crippen LogP contribution < -0.4 is 0 Å². The number of unbranched alkanes of at least 4 members (excludes halogenated alkanes) is 4. The number of rotatable bonds is 8. The fourth-order valence-electron chi connectivity index (χ4n) is 1.01. The van der Waals surface area contributed by atoms with Gasteiger partial charge >= 0.3 is 0 Å². The monoisotopic (exact) mass is 228 g/mol. The first-order valence-electron chi connectivity index (χ1n) is 6.86. The lowest BCUT2D eigenvalue weighted by Crippen LogP contribution is -1.96. The summed E-state index contributed by atoms with van der Waals surface area (Å²) in [5.74, 6) is 0. The smallest absolute Gasteiger partial charge is 0.0466 e. The Balaban J connectivity index is 0. The van der Waals surface area contributed by atoms with Gasteiger partial charge < -0.3 is 4.74 Å². The molecule has 1 heteroatoms. The van der Waals surface area contributed by atoms with Gasteiger partial charge in [0.1, 0.15) is 0 Å². The molecule has 1 nitrogen and oxygen atoms in total. The highest BCUT2D eigenvalue weighted by molar-refractivity contribution is 4.88. The van der Waals surface area contributed by atoms with Crippen LogP contribution in [0.3, 0.4) is 0 Å². The van der Waals surface area contributed by atoms with Crippen LogP contribution in [-0.4, -0.2) is 13.2 Å². The topological polar surface area (TPSA) is 9.23 Å². The molecule has 0 aromatic rings. The van der Waals surface area contributed by atoms with E-state index in [-0.39, 0.29) is 0 Å². The summed E-state index contributed by atoms with van der Waals surface area (Å²) in [7, 11) is 0. The van der Waals surface area contributed by atoms with Crippen molar-refractivity contribution in [2.45, 2.75) is 73.1 Å². The highest BCUT2D eigenvalue weighted by atomic mass is 16.5. The molecule has 0 atom stereocenters. The minimum absolute atomic E-state index is 0.970. The largest absolute Gasteiger partial charge is 0.381 e. The standard InChI is InChI=1S/C10H22O.C5H10/c1-3-5-7-9-11-10-8-6-4-2;1-4-5(2)3/h3-10H2,1-2H3;4H,1-3H3. The zero-order chi connectivity index (χ0) is 12.6. The van der Waals surface area contributed by atoms with Crippen molar-refractivity contribution in [3.8, 4) is 0 Å². The minimum Gasteiger partial charge on any atom is -0.381 e. The van der Waals surface area contributed by atoms with E-state index in [1.807, 2.05) is 6.92 Å². The van der Waals surface area contributed by atoms with Crippen LogP contribution in [0.15, 0.2) is 11.6 Å². The predicted octanol–water partition coefficient (Wildman–Crippen LogP) is 5.36. The third-order valence-corrected chi connectivity index (χ3v) is 2.36. The fourth-order valence-corrected chi connectivity index (χ4v) is 1.01. The van der Waals surface area contributed by atoms with E-state index in [1.54, 1.807) is 0 Å². The Kier molecular flexibility index (Phi) is 19.3.